The molecule has 2 aromatic heterocycles. The van der Waals surface area contributed by atoms with Crippen LogP contribution in [-0.2, 0) is 22.7 Å². The Morgan fingerprint density at radius 1 is 1.02 bits per heavy atom. The Balaban J connectivity index is 1.18. The zero-order valence-electron chi connectivity index (χ0n) is 31.7. The van der Waals surface area contributed by atoms with Crippen molar-refractivity contribution in [1.29, 1.82) is 0 Å². The summed E-state index contributed by atoms with van der Waals surface area (Å²) in [6.45, 7) is 22.2. The molecule has 0 radical (unpaired) electrons. The van der Waals surface area contributed by atoms with Crippen LogP contribution in [-0.4, -0.2) is 95.0 Å². The smallest absolute Gasteiger partial charge is 0.410 e. The first-order chi connectivity index (χ1) is 24.3. The summed E-state index contributed by atoms with van der Waals surface area (Å²) in [5, 5.41) is 14.3. The predicted octanol–water partition coefficient (Wildman–Crippen LogP) is 7.67. The largest absolute Gasteiger partial charge is 0.444 e. The van der Waals surface area contributed by atoms with Gasteiger partial charge in [0, 0.05) is 64.6 Å². The number of hydrogen-bond acceptors (Lipinski definition) is 7. The van der Waals surface area contributed by atoms with Crippen molar-refractivity contribution in [3.05, 3.63) is 71.2 Å². The summed E-state index contributed by atoms with van der Waals surface area (Å²) in [5.74, 6) is 0. The third-order valence-electron chi connectivity index (χ3n) is 9.76. The van der Waals surface area contributed by atoms with E-state index in [4.69, 9.17) is 14.6 Å². The number of amides is 1. The maximum Gasteiger partial charge on any atom is 0.410 e. The van der Waals surface area contributed by atoms with Crippen molar-refractivity contribution in [3.63, 3.8) is 0 Å². The summed E-state index contributed by atoms with van der Waals surface area (Å²) in [5.41, 5.74) is 7.50. The monoisotopic (exact) mass is 711 g/mol. The van der Waals surface area contributed by atoms with E-state index in [0.717, 1.165) is 80.4 Å². The van der Waals surface area contributed by atoms with Crippen LogP contribution in [0.3, 0.4) is 0 Å². The number of carbonyl (C=O) groups excluding carboxylic acids is 1. The van der Waals surface area contributed by atoms with Crippen molar-refractivity contribution in [2.45, 2.75) is 91.1 Å². The van der Waals surface area contributed by atoms with Gasteiger partial charge in [-0.25, -0.2) is 9.48 Å². The molecule has 6 rings (SSSR count). The van der Waals surface area contributed by atoms with Crippen LogP contribution in [0.15, 0.2) is 48.8 Å². The molecule has 2 aliphatic rings. The summed E-state index contributed by atoms with van der Waals surface area (Å²) in [6.07, 6.45) is 10.3. The highest BCUT2D eigenvalue weighted by molar-refractivity contribution is 6.76. The molecule has 4 heterocycles. The molecule has 1 amide bonds. The fourth-order valence-corrected chi connectivity index (χ4v) is 7.59. The normalized spacial score (nSPS) is 16.8. The van der Waals surface area contributed by atoms with E-state index in [1.54, 1.807) is 0 Å². The Hall–Kier alpha value is -3.77. The van der Waals surface area contributed by atoms with Crippen molar-refractivity contribution in [3.8, 4) is 11.1 Å². The van der Waals surface area contributed by atoms with E-state index in [0.29, 0.717) is 25.9 Å². The van der Waals surface area contributed by atoms with Gasteiger partial charge in [-0.3, -0.25) is 9.58 Å². The molecule has 0 unspecified atom stereocenters. The molecule has 0 aliphatic carbocycles. The Morgan fingerprint density at radius 3 is 2.49 bits per heavy atom. The van der Waals surface area contributed by atoms with Gasteiger partial charge in [-0.1, -0.05) is 43.9 Å². The number of piperazine rings is 1. The Bertz CT molecular complexity index is 1820. The number of ether oxygens (including phenoxy) is 2. The minimum atomic E-state index is -1.19. The number of carbonyl (C=O) groups is 1. The third-order valence-corrected chi connectivity index (χ3v) is 11.5. The van der Waals surface area contributed by atoms with Gasteiger partial charge in [0.1, 0.15) is 12.3 Å². The maximum atomic E-state index is 12.5. The molecule has 0 saturated carbocycles. The van der Waals surface area contributed by atoms with Crippen LogP contribution in [0.1, 0.15) is 62.0 Å². The molecule has 2 aromatic carbocycles. The number of nitrogens with zero attached hydrogens (tertiary/aromatic N) is 6. The molecule has 1 N–H and O–H groups in total. The molecule has 10 nitrogen and oxygen atoms in total. The molecule has 0 atom stereocenters. The Morgan fingerprint density at radius 2 is 1.78 bits per heavy atom. The van der Waals surface area contributed by atoms with E-state index in [1.165, 1.54) is 22.3 Å². The Labute approximate surface area is 304 Å². The second-order valence-electron chi connectivity index (χ2n) is 16.4. The van der Waals surface area contributed by atoms with E-state index in [9.17, 15) is 4.79 Å². The van der Waals surface area contributed by atoms with Crippen LogP contribution in [0.25, 0.3) is 34.2 Å². The number of benzene rings is 2. The average Bonchev–Trinajstić information content (AvgIpc) is 3.70. The van der Waals surface area contributed by atoms with Crippen LogP contribution in [0.2, 0.25) is 25.7 Å². The summed E-state index contributed by atoms with van der Waals surface area (Å²) in [4.78, 5) is 16.7. The van der Waals surface area contributed by atoms with E-state index in [-0.39, 0.29) is 6.09 Å². The maximum absolute atomic E-state index is 12.5. The number of hydrogen-bond donors (Lipinski definition) is 1. The van der Waals surface area contributed by atoms with Gasteiger partial charge in [0.2, 0.25) is 0 Å². The molecular weight excluding hydrogens is 655 g/mol. The van der Waals surface area contributed by atoms with Crippen molar-refractivity contribution < 1.29 is 14.3 Å². The molecule has 4 aromatic rings. The van der Waals surface area contributed by atoms with Gasteiger partial charge in [0.15, 0.2) is 0 Å². The Kier molecular flexibility index (Phi) is 11.5. The number of piperidine rings is 1. The predicted molar refractivity (Wildman–Crippen MR) is 209 cm³/mol. The number of fused-ring (bicyclic) bond motifs is 1. The molecule has 2 aliphatic heterocycles. The van der Waals surface area contributed by atoms with E-state index in [1.807, 2.05) is 36.5 Å². The van der Waals surface area contributed by atoms with Gasteiger partial charge in [-0.15, -0.1) is 0 Å². The first-order valence-corrected chi connectivity index (χ1v) is 22.3. The lowest BCUT2D eigenvalue weighted by molar-refractivity contribution is 0.0139. The van der Waals surface area contributed by atoms with Gasteiger partial charge in [0.05, 0.1) is 23.4 Å². The fraction of sp³-hybridized carbons (Fsp3) is 0.525. The highest BCUT2D eigenvalue weighted by atomic mass is 28.3. The quantitative estimate of drug-likeness (QED) is 0.126. The van der Waals surface area contributed by atoms with E-state index >= 15 is 0 Å². The standard InChI is InChI=1S/C40H57N7O3Si/c1-30-24-31(27-44-18-20-45(21-19-44)39(48)50-40(2,3)4)8-11-35(30)33-10-13-38-36(25-33)37(43-47(38)29-49-22-23-51(5,6)7)12-9-32-26-42-46(28-32)34-14-16-41-17-15-34/h8-13,24-26,28,34,41H,14-23,27,29H2,1-7H3/b12-9+. The first-order valence-electron chi connectivity index (χ1n) is 18.6. The summed E-state index contributed by atoms with van der Waals surface area (Å²) >= 11 is 0. The fourth-order valence-electron chi connectivity index (χ4n) is 6.83. The number of aromatic nitrogens is 4. The van der Waals surface area contributed by atoms with Crippen molar-refractivity contribution >= 4 is 37.2 Å². The molecule has 274 valence electrons. The van der Waals surface area contributed by atoms with Crippen molar-refractivity contribution in [1.82, 2.24) is 34.7 Å². The van der Waals surface area contributed by atoms with Crippen molar-refractivity contribution in [2.24, 2.45) is 0 Å². The van der Waals surface area contributed by atoms with E-state index < -0.39 is 13.7 Å². The van der Waals surface area contributed by atoms with Crippen LogP contribution in [0, 0.1) is 6.92 Å². The molecule has 2 fully saturated rings. The average molecular weight is 712 g/mol. The molecule has 2 saturated heterocycles. The minimum absolute atomic E-state index is 0.221. The van der Waals surface area contributed by atoms with Crippen LogP contribution in [0.4, 0.5) is 4.79 Å². The van der Waals surface area contributed by atoms with Gasteiger partial charge in [0.25, 0.3) is 0 Å². The summed E-state index contributed by atoms with van der Waals surface area (Å²) < 4.78 is 15.9. The zero-order chi connectivity index (χ0) is 36.2. The lowest BCUT2D eigenvalue weighted by atomic mass is 9.96. The van der Waals surface area contributed by atoms with Crippen LogP contribution < -0.4 is 5.32 Å². The molecule has 0 bridgehead atoms. The van der Waals surface area contributed by atoms with Gasteiger partial charge < -0.3 is 19.7 Å². The second-order valence-corrected chi connectivity index (χ2v) is 22.0. The zero-order valence-corrected chi connectivity index (χ0v) is 32.7. The number of nitrogens with one attached hydrogen (secondary N) is 1. The molecule has 51 heavy (non-hydrogen) atoms. The topological polar surface area (TPSA) is 89.7 Å². The first kappa shape index (κ1) is 37.0. The van der Waals surface area contributed by atoms with Gasteiger partial charge in [-0.2, -0.15) is 10.2 Å². The lowest BCUT2D eigenvalue weighted by Crippen LogP contribution is -2.49. The third kappa shape index (κ3) is 9.97. The van der Waals surface area contributed by atoms with Gasteiger partial charge >= 0.3 is 6.09 Å². The van der Waals surface area contributed by atoms with Crippen LogP contribution in [0.5, 0.6) is 0 Å². The van der Waals surface area contributed by atoms with Crippen LogP contribution >= 0.6 is 0 Å². The van der Waals surface area contributed by atoms with Gasteiger partial charge in [-0.05, 0) is 106 Å². The molecular formula is C40H57N7O3Si. The minimum Gasteiger partial charge on any atom is -0.444 e. The number of rotatable bonds is 11. The van der Waals surface area contributed by atoms with Crippen molar-refractivity contribution in [2.75, 3.05) is 45.9 Å². The summed E-state index contributed by atoms with van der Waals surface area (Å²) in [6, 6.07) is 15.0. The summed E-state index contributed by atoms with van der Waals surface area (Å²) in [7, 11) is -1.19. The highest BCUT2D eigenvalue weighted by Gasteiger charge is 2.26. The lowest BCUT2D eigenvalue weighted by Gasteiger charge is -2.35. The highest BCUT2D eigenvalue weighted by Crippen LogP contribution is 2.31. The second kappa shape index (κ2) is 15.9. The molecule has 0 spiro atoms. The van der Waals surface area contributed by atoms with E-state index in [2.05, 4.69) is 101 Å². The molecule has 11 heteroatoms. The number of aryl methyl sites for hydroxylation is 1. The SMILES string of the molecule is Cc1cc(CN2CCN(C(=O)OC(C)(C)C)CC2)ccc1-c1ccc2c(c1)c(/C=C/c1cnn(C3CCNCC3)c1)nn2COCC[Si](C)(C)C.